The fraction of sp³-hybridized carbons (Fsp3) is 0.636. The molecule has 2 heterocycles. The van der Waals surface area contributed by atoms with Gasteiger partial charge in [-0.1, -0.05) is 25.1 Å². The molecule has 2 fully saturated rings. The molecular formula is C22H34ClN3O2. The molecule has 1 aromatic rings. The van der Waals surface area contributed by atoms with Crippen LogP contribution in [0.3, 0.4) is 0 Å². The Kier molecular flexibility index (Phi) is 8.77. The first-order valence-electron chi connectivity index (χ1n) is 10.4. The summed E-state index contributed by atoms with van der Waals surface area (Å²) in [5, 5.41) is 6.54. The normalized spacial score (nSPS) is 19.6. The summed E-state index contributed by atoms with van der Waals surface area (Å²) in [5.74, 6) is 1.40. The number of benzene rings is 1. The average Bonchev–Trinajstić information content (AvgIpc) is 2.69. The Balaban J connectivity index is 0.00000280. The number of nitrogens with one attached hydrogen (secondary N) is 2. The zero-order valence-electron chi connectivity index (χ0n) is 17.1. The number of piperidine rings is 2. The van der Waals surface area contributed by atoms with Gasteiger partial charge in [-0.2, -0.15) is 0 Å². The van der Waals surface area contributed by atoms with Gasteiger partial charge in [-0.05, 0) is 69.2 Å². The van der Waals surface area contributed by atoms with Gasteiger partial charge in [-0.15, -0.1) is 12.4 Å². The molecule has 1 atom stereocenters. The zero-order chi connectivity index (χ0) is 19.2. The van der Waals surface area contributed by atoms with Gasteiger partial charge in [0.15, 0.2) is 0 Å². The van der Waals surface area contributed by atoms with Gasteiger partial charge >= 0.3 is 0 Å². The van der Waals surface area contributed by atoms with Crippen molar-refractivity contribution in [3.05, 3.63) is 35.4 Å². The molecule has 0 saturated carbocycles. The number of rotatable bonds is 5. The van der Waals surface area contributed by atoms with Crippen LogP contribution < -0.4 is 10.6 Å². The van der Waals surface area contributed by atoms with Crippen molar-refractivity contribution >= 4 is 24.2 Å². The van der Waals surface area contributed by atoms with E-state index in [2.05, 4.69) is 17.6 Å². The SMILES string of the molecule is Cc1ccccc1C(=O)NC1CCN(C(=O)CC(C)C2CCNCC2)CC1.Cl. The van der Waals surface area contributed by atoms with Crippen LogP contribution >= 0.6 is 12.4 Å². The summed E-state index contributed by atoms with van der Waals surface area (Å²) >= 11 is 0. The molecule has 3 rings (SSSR count). The largest absolute Gasteiger partial charge is 0.349 e. The topological polar surface area (TPSA) is 61.4 Å². The molecule has 0 aromatic heterocycles. The van der Waals surface area contributed by atoms with Crippen LogP contribution in [0.5, 0.6) is 0 Å². The summed E-state index contributed by atoms with van der Waals surface area (Å²) in [7, 11) is 0. The van der Waals surface area contributed by atoms with Crippen molar-refractivity contribution in [3.8, 4) is 0 Å². The number of hydrogen-bond acceptors (Lipinski definition) is 3. The average molecular weight is 408 g/mol. The van der Waals surface area contributed by atoms with Crippen LogP contribution in [-0.2, 0) is 4.79 Å². The third-order valence-electron chi connectivity index (χ3n) is 6.26. The van der Waals surface area contributed by atoms with E-state index < -0.39 is 0 Å². The second-order valence-corrected chi connectivity index (χ2v) is 8.21. The minimum atomic E-state index is -0.00240. The first-order chi connectivity index (χ1) is 13.0. The van der Waals surface area contributed by atoms with E-state index in [4.69, 9.17) is 0 Å². The van der Waals surface area contributed by atoms with Crippen molar-refractivity contribution in [1.82, 2.24) is 15.5 Å². The van der Waals surface area contributed by atoms with Crippen LogP contribution in [0.2, 0.25) is 0 Å². The smallest absolute Gasteiger partial charge is 0.251 e. The molecule has 0 spiro atoms. The van der Waals surface area contributed by atoms with E-state index in [1.54, 1.807) is 0 Å². The fourth-order valence-electron chi connectivity index (χ4n) is 4.35. The molecule has 5 nitrogen and oxygen atoms in total. The molecule has 1 unspecified atom stereocenters. The Morgan fingerprint density at radius 1 is 1.14 bits per heavy atom. The lowest BCUT2D eigenvalue weighted by Crippen LogP contribution is -2.47. The maximum absolute atomic E-state index is 12.7. The molecule has 28 heavy (non-hydrogen) atoms. The standard InChI is InChI=1S/C22H33N3O2.ClH/c1-16-5-3-4-6-20(16)22(27)24-19-9-13-25(14-10-19)21(26)15-17(2)18-7-11-23-12-8-18;/h3-6,17-19,23H,7-15H2,1-2H3,(H,24,27);1H. The van der Waals surface area contributed by atoms with E-state index in [-0.39, 0.29) is 30.3 Å². The van der Waals surface area contributed by atoms with Crippen LogP contribution in [0.1, 0.15) is 54.9 Å². The van der Waals surface area contributed by atoms with Crippen LogP contribution in [0.4, 0.5) is 0 Å². The number of nitrogens with zero attached hydrogens (tertiary/aromatic N) is 1. The van der Waals surface area contributed by atoms with Crippen molar-refractivity contribution < 1.29 is 9.59 Å². The zero-order valence-corrected chi connectivity index (χ0v) is 17.9. The van der Waals surface area contributed by atoms with Crippen LogP contribution in [0.15, 0.2) is 24.3 Å². The van der Waals surface area contributed by atoms with Gasteiger partial charge < -0.3 is 15.5 Å². The van der Waals surface area contributed by atoms with E-state index in [0.717, 1.165) is 50.1 Å². The van der Waals surface area contributed by atoms with E-state index in [0.29, 0.717) is 18.3 Å². The molecule has 6 heteroatoms. The Hall–Kier alpha value is -1.59. The summed E-state index contributed by atoms with van der Waals surface area (Å²) in [6.45, 7) is 7.83. The van der Waals surface area contributed by atoms with E-state index in [1.807, 2.05) is 36.1 Å². The molecule has 2 amide bonds. The van der Waals surface area contributed by atoms with Gasteiger partial charge in [0.1, 0.15) is 0 Å². The van der Waals surface area contributed by atoms with Gasteiger partial charge in [0, 0.05) is 31.1 Å². The predicted molar refractivity (Wildman–Crippen MR) is 115 cm³/mol. The molecule has 1 aromatic carbocycles. The van der Waals surface area contributed by atoms with Gasteiger partial charge in [0.25, 0.3) is 5.91 Å². The first-order valence-corrected chi connectivity index (χ1v) is 10.4. The van der Waals surface area contributed by atoms with Crippen molar-refractivity contribution in [2.24, 2.45) is 11.8 Å². The van der Waals surface area contributed by atoms with E-state index in [1.165, 1.54) is 12.8 Å². The molecule has 0 aliphatic carbocycles. The molecule has 156 valence electrons. The number of carbonyl (C=O) groups excluding carboxylic acids is 2. The lowest BCUT2D eigenvalue weighted by Gasteiger charge is -2.34. The van der Waals surface area contributed by atoms with Gasteiger partial charge in [-0.25, -0.2) is 0 Å². The molecular weight excluding hydrogens is 374 g/mol. The van der Waals surface area contributed by atoms with Crippen molar-refractivity contribution in [3.63, 3.8) is 0 Å². The third kappa shape index (κ3) is 5.95. The maximum Gasteiger partial charge on any atom is 0.251 e. The Labute approximate surface area is 175 Å². The monoisotopic (exact) mass is 407 g/mol. The molecule has 2 aliphatic rings. The number of amides is 2. The minimum absolute atomic E-state index is 0. The summed E-state index contributed by atoms with van der Waals surface area (Å²) in [6, 6.07) is 7.82. The Morgan fingerprint density at radius 3 is 2.43 bits per heavy atom. The maximum atomic E-state index is 12.7. The highest BCUT2D eigenvalue weighted by Gasteiger charge is 2.27. The summed E-state index contributed by atoms with van der Waals surface area (Å²) in [5.41, 5.74) is 1.74. The van der Waals surface area contributed by atoms with Crippen molar-refractivity contribution in [1.29, 1.82) is 0 Å². The summed E-state index contributed by atoms with van der Waals surface area (Å²) < 4.78 is 0. The minimum Gasteiger partial charge on any atom is -0.349 e. The van der Waals surface area contributed by atoms with Gasteiger partial charge in [-0.3, -0.25) is 9.59 Å². The highest BCUT2D eigenvalue weighted by atomic mass is 35.5. The highest BCUT2D eigenvalue weighted by molar-refractivity contribution is 5.95. The number of halogens is 1. The molecule has 0 bridgehead atoms. The fourth-order valence-corrected chi connectivity index (χ4v) is 4.35. The van der Waals surface area contributed by atoms with Gasteiger partial charge in [0.2, 0.25) is 5.91 Å². The second-order valence-electron chi connectivity index (χ2n) is 8.21. The van der Waals surface area contributed by atoms with Gasteiger partial charge in [0.05, 0.1) is 0 Å². The Morgan fingerprint density at radius 2 is 1.79 bits per heavy atom. The number of likely N-dealkylation sites (tertiary alicyclic amines) is 1. The van der Waals surface area contributed by atoms with Crippen molar-refractivity contribution in [2.45, 2.75) is 52.0 Å². The van der Waals surface area contributed by atoms with E-state index in [9.17, 15) is 9.59 Å². The quantitative estimate of drug-likeness (QED) is 0.788. The molecule has 0 radical (unpaired) electrons. The van der Waals surface area contributed by atoms with Crippen molar-refractivity contribution in [2.75, 3.05) is 26.2 Å². The summed E-state index contributed by atoms with van der Waals surface area (Å²) in [4.78, 5) is 27.1. The number of carbonyl (C=O) groups is 2. The number of hydrogen-bond donors (Lipinski definition) is 2. The molecule has 2 saturated heterocycles. The lowest BCUT2D eigenvalue weighted by molar-refractivity contribution is -0.133. The third-order valence-corrected chi connectivity index (χ3v) is 6.26. The Bertz CT molecular complexity index is 653. The number of aryl methyl sites for hydroxylation is 1. The summed E-state index contributed by atoms with van der Waals surface area (Å²) in [6.07, 6.45) is 4.70. The molecule has 2 N–H and O–H groups in total. The highest BCUT2D eigenvalue weighted by Crippen LogP contribution is 2.25. The van der Waals surface area contributed by atoms with Crippen LogP contribution in [-0.4, -0.2) is 48.9 Å². The lowest BCUT2D eigenvalue weighted by atomic mass is 9.84. The second kappa shape index (κ2) is 10.8. The van der Waals surface area contributed by atoms with Crippen LogP contribution in [0, 0.1) is 18.8 Å². The van der Waals surface area contributed by atoms with Crippen LogP contribution in [0.25, 0.3) is 0 Å². The molecule has 2 aliphatic heterocycles. The predicted octanol–water partition coefficient (Wildman–Crippen LogP) is 3.16. The first kappa shape index (κ1) is 22.7. The van der Waals surface area contributed by atoms with E-state index >= 15 is 0 Å².